The maximum absolute atomic E-state index is 13.4. The number of benzene rings is 2. The van der Waals surface area contributed by atoms with Crippen molar-refractivity contribution in [3.63, 3.8) is 0 Å². The third-order valence-electron chi connectivity index (χ3n) is 10.4. The first kappa shape index (κ1) is 27.0. The van der Waals surface area contributed by atoms with E-state index >= 15 is 0 Å². The molecule has 7 nitrogen and oxygen atoms in total. The molecule has 7 heteroatoms. The minimum atomic E-state index is -0.218. The molecule has 7 rings (SSSR count). The Bertz CT molecular complexity index is 1340. The van der Waals surface area contributed by atoms with Crippen molar-refractivity contribution in [2.24, 2.45) is 0 Å². The Labute approximate surface area is 243 Å². The van der Waals surface area contributed by atoms with Crippen LogP contribution < -0.4 is 10.1 Å². The monoisotopic (exact) mass is 556 g/mol. The second-order valence-electron chi connectivity index (χ2n) is 13.1. The summed E-state index contributed by atoms with van der Waals surface area (Å²) in [5.74, 6) is 0.869. The van der Waals surface area contributed by atoms with E-state index in [2.05, 4.69) is 51.7 Å². The van der Waals surface area contributed by atoms with Gasteiger partial charge in [0.1, 0.15) is 11.9 Å². The quantitative estimate of drug-likeness (QED) is 0.326. The molecule has 41 heavy (non-hydrogen) atoms. The summed E-state index contributed by atoms with van der Waals surface area (Å²) in [7, 11) is 2.26. The van der Waals surface area contributed by atoms with Crippen LogP contribution in [-0.4, -0.2) is 64.5 Å². The smallest absolute Gasteiger partial charge is 0.251 e. The van der Waals surface area contributed by atoms with Gasteiger partial charge in [-0.1, -0.05) is 32.1 Å². The van der Waals surface area contributed by atoms with E-state index in [1.54, 1.807) is 0 Å². The Morgan fingerprint density at radius 1 is 0.951 bits per heavy atom. The number of H-pyrrole nitrogens is 1. The minimum absolute atomic E-state index is 0.0464. The van der Waals surface area contributed by atoms with Crippen molar-refractivity contribution in [1.29, 1.82) is 0 Å². The van der Waals surface area contributed by atoms with Crippen molar-refractivity contribution in [2.45, 2.75) is 113 Å². The van der Waals surface area contributed by atoms with Crippen molar-refractivity contribution in [3.05, 3.63) is 48.0 Å². The van der Waals surface area contributed by atoms with Gasteiger partial charge in [-0.25, -0.2) is 0 Å². The van der Waals surface area contributed by atoms with Crippen molar-refractivity contribution in [3.8, 4) is 17.0 Å². The van der Waals surface area contributed by atoms with Crippen molar-refractivity contribution < 1.29 is 14.3 Å². The topological polar surface area (TPSA) is 79.5 Å². The number of carbonyl (C=O) groups excluding carboxylic acids is 1. The van der Waals surface area contributed by atoms with E-state index in [-0.39, 0.29) is 17.6 Å². The molecule has 2 N–H and O–H groups in total. The van der Waals surface area contributed by atoms with Crippen LogP contribution in [0.3, 0.4) is 0 Å². The maximum atomic E-state index is 13.4. The van der Waals surface area contributed by atoms with Crippen molar-refractivity contribution >= 4 is 16.8 Å². The second-order valence-corrected chi connectivity index (χ2v) is 13.1. The molecular formula is C34H44N4O3. The summed E-state index contributed by atoms with van der Waals surface area (Å²) in [6, 6.07) is 15.4. The van der Waals surface area contributed by atoms with Gasteiger partial charge < -0.3 is 19.7 Å². The summed E-state index contributed by atoms with van der Waals surface area (Å²) in [5, 5.41) is 12.0. The Kier molecular flexibility index (Phi) is 7.50. The number of aromatic amines is 1. The van der Waals surface area contributed by atoms with Gasteiger partial charge in [-0.3, -0.25) is 9.89 Å². The van der Waals surface area contributed by atoms with Crippen LogP contribution in [0.1, 0.15) is 93.8 Å². The normalized spacial score (nSPS) is 26.4. The molecule has 2 aromatic carbocycles. The summed E-state index contributed by atoms with van der Waals surface area (Å²) in [5.41, 5.74) is 3.23. The Morgan fingerprint density at radius 2 is 1.68 bits per heavy atom. The number of rotatable bonds is 8. The highest BCUT2D eigenvalue weighted by atomic mass is 16.5. The fourth-order valence-corrected chi connectivity index (χ4v) is 7.95. The lowest BCUT2D eigenvalue weighted by Crippen LogP contribution is -2.48. The highest BCUT2D eigenvalue weighted by Gasteiger charge is 2.39. The number of fused-ring (bicyclic) bond motifs is 3. The zero-order valence-electron chi connectivity index (χ0n) is 24.4. The van der Waals surface area contributed by atoms with Crippen LogP contribution in [0, 0.1) is 0 Å². The third kappa shape index (κ3) is 5.63. The molecule has 2 aliphatic heterocycles. The predicted octanol–water partition coefficient (Wildman–Crippen LogP) is 6.63. The Hall–Kier alpha value is -2.90. The molecule has 218 valence electrons. The first-order valence-corrected chi connectivity index (χ1v) is 16.0. The molecule has 4 fully saturated rings. The SMILES string of the molecule is CN1C2CCC1CC(Oc1ccc(-c3n[nH]c4ccc(C(=O)NCC5(OC6CCCC6)CCCCC5)cc34)cc1)C2. The van der Waals surface area contributed by atoms with E-state index in [0.717, 1.165) is 66.4 Å². The van der Waals surface area contributed by atoms with E-state index in [0.29, 0.717) is 30.3 Å². The first-order chi connectivity index (χ1) is 20.1. The van der Waals surface area contributed by atoms with Crippen molar-refractivity contribution in [1.82, 2.24) is 20.4 Å². The number of carbonyl (C=O) groups is 1. The van der Waals surface area contributed by atoms with E-state index in [9.17, 15) is 4.79 Å². The number of nitrogens with zero attached hydrogens (tertiary/aromatic N) is 2. The Balaban J connectivity index is 1.03. The van der Waals surface area contributed by atoms with Gasteiger partial charge in [0.15, 0.2) is 0 Å². The number of piperidine rings is 1. The highest BCUT2D eigenvalue weighted by Crippen LogP contribution is 2.37. The highest BCUT2D eigenvalue weighted by molar-refractivity contribution is 6.01. The zero-order chi connectivity index (χ0) is 27.8. The number of nitrogens with one attached hydrogen (secondary N) is 2. The predicted molar refractivity (Wildman–Crippen MR) is 161 cm³/mol. The largest absolute Gasteiger partial charge is 0.490 e. The number of amides is 1. The number of hydrogen-bond donors (Lipinski definition) is 2. The summed E-state index contributed by atoms with van der Waals surface area (Å²) < 4.78 is 13.1. The van der Waals surface area contributed by atoms with E-state index in [1.807, 2.05) is 18.2 Å². The fourth-order valence-electron chi connectivity index (χ4n) is 7.95. The van der Waals surface area contributed by atoms with Crippen LogP contribution >= 0.6 is 0 Å². The maximum Gasteiger partial charge on any atom is 0.251 e. The molecule has 0 spiro atoms. The van der Waals surface area contributed by atoms with Crippen LogP contribution in [0.2, 0.25) is 0 Å². The van der Waals surface area contributed by atoms with Gasteiger partial charge in [0, 0.05) is 35.1 Å². The summed E-state index contributed by atoms with van der Waals surface area (Å²) in [4.78, 5) is 15.9. The third-order valence-corrected chi connectivity index (χ3v) is 10.4. The fraction of sp³-hybridized carbons (Fsp3) is 0.588. The van der Waals surface area contributed by atoms with Gasteiger partial charge in [-0.2, -0.15) is 5.10 Å². The van der Waals surface area contributed by atoms with E-state index in [4.69, 9.17) is 9.47 Å². The molecule has 2 saturated carbocycles. The molecule has 2 bridgehead atoms. The average molecular weight is 557 g/mol. The van der Waals surface area contributed by atoms with Gasteiger partial charge in [0.2, 0.25) is 0 Å². The van der Waals surface area contributed by atoms with Crippen LogP contribution in [0.5, 0.6) is 5.75 Å². The molecule has 2 unspecified atom stereocenters. The van der Waals surface area contributed by atoms with E-state index in [1.165, 1.54) is 44.9 Å². The summed E-state index contributed by atoms with van der Waals surface area (Å²) in [6.07, 6.45) is 16.0. The average Bonchev–Trinajstić information content (AvgIpc) is 3.70. The molecule has 0 radical (unpaired) electrons. The second kappa shape index (κ2) is 11.4. The summed E-state index contributed by atoms with van der Waals surface area (Å²) in [6.45, 7) is 0.582. The molecular weight excluding hydrogens is 512 g/mol. The van der Waals surface area contributed by atoms with Gasteiger partial charge in [-0.05, 0) is 101 Å². The van der Waals surface area contributed by atoms with Gasteiger partial charge in [0.05, 0.1) is 22.9 Å². The zero-order valence-corrected chi connectivity index (χ0v) is 24.4. The Morgan fingerprint density at radius 3 is 2.41 bits per heavy atom. The van der Waals surface area contributed by atoms with Crippen LogP contribution in [0.4, 0.5) is 0 Å². The molecule has 3 heterocycles. The lowest BCUT2D eigenvalue weighted by atomic mass is 9.84. The number of hydrogen-bond acceptors (Lipinski definition) is 5. The molecule has 1 aromatic heterocycles. The van der Waals surface area contributed by atoms with E-state index < -0.39 is 0 Å². The standard InChI is InChI=1S/C34H44N4O3/c1-38-25-12-13-26(38)21-29(20-25)40-27-14-9-23(10-15-27)32-30-19-24(11-16-31(30)36-37-32)33(39)35-22-34(17-5-2-6-18-34)41-28-7-3-4-8-28/h9-11,14-16,19,25-26,28-29H,2-8,12-13,17-18,20-22H2,1H3,(H,35,39)(H,36,37). The summed E-state index contributed by atoms with van der Waals surface area (Å²) >= 11 is 0. The van der Waals surface area contributed by atoms with Gasteiger partial charge in [0.25, 0.3) is 5.91 Å². The van der Waals surface area contributed by atoms with Gasteiger partial charge >= 0.3 is 0 Å². The van der Waals surface area contributed by atoms with Crippen molar-refractivity contribution in [2.75, 3.05) is 13.6 Å². The lowest BCUT2D eigenvalue weighted by molar-refractivity contribution is -0.108. The molecule has 1 amide bonds. The lowest BCUT2D eigenvalue weighted by Gasteiger charge is -2.39. The molecule has 2 saturated heterocycles. The minimum Gasteiger partial charge on any atom is -0.490 e. The number of aromatic nitrogens is 2. The van der Waals surface area contributed by atoms with Crippen LogP contribution in [0.15, 0.2) is 42.5 Å². The number of ether oxygens (including phenoxy) is 2. The molecule has 2 aliphatic carbocycles. The molecule has 3 aromatic rings. The molecule has 2 atom stereocenters. The van der Waals surface area contributed by atoms with Crippen LogP contribution in [-0.2, 0) is 4.74 Å². The van der Waals surface area contributed by atoms with Crippen LogP contribution in [0.25, 0.3) is 22.2 Å². The first-order valence-electron chi connectivity index (χ1n) is 16.0. The molecule has 4 aliphatic rings. The van der Waals surface area contributed by atoms with Gasteiger partial charge in [-0.15, -0.1) is 0 Å².